The van der Waals surface area contributed by atoms with Crippen molar-refractivity contribution in [3.05, 3.63) is 89.2 Å². The largest absolute Gasteiger partial charge is 0.448 e. The molecule has 0 radical (unpaired) electrons. The van der Waals surface area contributed by atoms with Crippen LogP contribution in [-0.2, 0) is 10.3 Å². The molecular weight excluding hydrogens is 426 g/mol. The highest BCUT2D eigenvalue weighted by molar-refractivity contribution is 5.79. The van der Waals surface area contributed by atoms with Gasteiger partial charge in [-0.15, -0.1) is 0 Å². The zero-order valence-corrected chi connectivity index (χ0v) is 18.7. The first-order valence-corrected chi connectivity index (χ1v) is 11.8. The van der Waals surface area contributed by atoms with E-state index < -0.39 is 5.60 Å². The van der Waals surface area contributed by atoms with Crippen molar-refractivity contribution in [2.75, 3.05) is 6.61 Å². The molecule has 0 spiro atoms. The molecule has 1 aliphatic carbocycles. The number of hydrogen-bond donors (Lipinski definition) is 1. The van der Waals surface area contributed by atoms with Crippen molar-refractivity contribution >= 4 is 6.09 Å². The minimum atomic E-state index is -1.14. The Balaban J connectivity index is 1.19. The van der Waals surface area contributed by atoms with Gasteiger partial charge >= 0.3 is 6.09 Å². The first kappa shape index (κ1) is 20.9. The molecule has 2 atom stereocenters. The van der Waals surface area contributed by atoms with Crippen LogP contribution in [0.1, 0.15) is 54.1 Å². The quantitative estimate of drug-likeness (QED) is 0.623. The number of ether oxygens (including phenoxy) is 1. The summed E-state index contributed by atoms with van der Waals surface area (Å²) in [7, 11) is 0. The third kappa shape index (κ3) is 3.27. The van der Waals surface area contributed by atoms with Crippen molar-refractivity contribution in [1.29, 1.82) is 5.26 Å². The fraction of sp³-hybridized carbons (Fsp3) is 0.321. The van der Waals surface area contributed by atoms with Crippen LogP contribution in [0.25, 0.3) is 11.1 Å². The number of piperidine rings is 1. The number of amides is 1. The fourth-order valence-electron chi connectivity index (χ4n) is 6.16. The van der Waals surface area contributed by atoms with Crippen molar-refractivity contribution in [2.45, 2.75) is 49.3 Å². The van der Waals surface area contributed by atoms with Crippen LogP contribution in [0.2, 0.25) is 0 Å². The lowest BCUT2D eigenvalue weighted by Gasteiger charge is -2.42. The molecule has 3 aliphatic rings. The van der Waals surface area contributed by atoms with Gasteiger partial charge in [-0.1, -0.05) is 54.6 Å². The second kappa shape index (κ2) is 7.96. The van der Waals surface area contributed by atoms with Crippen molar-refractivity contribution in [2.24, 2.45) is 0 Å². The second-order valence-corrected chi connectivity index (χ2v) is 9.56. The number of nitrogens with zero attached hydrogens (tertiary/aromatic N) is 3. The Labute approximate surface area is 198 Å². The Morgan fingerprint density at radius 2 is 1.62 bits per heavy atom. The van der Waals surface area contributed by atoms with Crippen LogP contribution < -0.4 is 0 Å². The van der Waals surface area contributed by atoms with Gasteiger partial charge in [0.1, 0.15) is 24.0 Å². The van der Waals surface area contributed by atoms with Gasteiger partial charge in [-0.25, -0.2) is 9.78 Å². The van der Waals surface area contributed by atoms with E-state index >= 15 is 0 Å². The smallest absolute Gasteiger partial charge is 0.410 e. The summed E-state index contributed by atoms with van der Waals surface area (Å²) in [5, 5.41) is 20.6. The molecular formula is C28H25N3O3. The number of pyridine rings is 1. The van der Waals surface area contributed by atoms with Crippen LogP contribution >= 0.6 is 0 Å². The summed E-state index contributed by atoms with van der Waals surface area (Å²) in [6.45, 7) is 0.291. The van der Waals surface area contributed by atoms with E-state index in [1.165, 1.54) is 22.3 Å². The summed E-state index contributed by atoms with van der Waals surface area (Å²) in [5.74, 6) is 0.0219. The molecule has 1 amide bonds. The molecule has 1 N–H and O–H groups in total. The summed E-state index contributed by atoms with van der Waals surface area (Å²) in [5.41, 5.74) is 4.45. The van der Waals surface area contributed by atoms with Gasteiger partial charge in [-0.2, -0.15) is 5.26 Å². The number of carbonyl (C=O) groups excluding carboxylic acids is 1. The summed E-state index contributed by atoms with van der Waals surface area (Å²) in [6, 6.07) is 23.6. The molecule has 6 rings (SSSR count). The SMILES string of the molecule is N#Cc1cccc(C2(O)CC3CCC(C2)N3C(=O)OCC2c3ccccc3-c3ccccc32)n1. The molecule has 3 heterocycles. The first-order valence-electron chi connectivity index (χ1n) is 11.8. The molecule has 2 bridgehead atoms. The number of carbonyl (C=O) groups is 1. The molecule has 2 saturated heterocycles. The Morgan fingerprint density at radius 3 is 2.24 bits per heavy atom. The summed E-state index contributed by atoms with van der Waals surface area (Å²) >= 11 is 0. The number of rotatable bonds is 3. The average Bonchev–Trinajstić information content (AvgIpc) is 3.34. The molecule has 34 heavy (non-hydrogen) atoms. The predicted molar refractivity (Wildman–Crippen MR) is 126 cm³/mol. The van der Waals surface area contributed by atoms with Crippen molar-refractivity contribution in [3.63, 3.8) is 0 Å². The molecule has 6 nitrogen and oxygen atoms in total. The van der Waals surface area contributed by atoms with Crippen LogP contribution in [-0.4, -0.2) is 39.8 Å². The lowest BCUT2D eigenvalue weighted by Crippen LogP contribution is -2.52. The van der Waals surface area contributed by atoms with Crippen LogP contribution in [0, 0.1) is 11.3 Å². The van der Waals surface area contributed by atoms with E-state index in [0.717, 1.165) is 12.8 Å². The molecule has 2 aliphatic heterocycles. The Kier molecular flexibility index (Phi) is 4.89. The summed E-state index contributed by atoms with van der Waals surface area (Å²) in [6.07, 6.45) is 2.14. The molecule has 6 heteroatoms. The fourth-order valence-corrected chi connectivity index (χ4v) is 6.16. The standard InChI is InChI=1S/C28H25N3O3/c29-16-18-6-5-11-26(30-18)28(33)14-19-12-13-20(15-28)31(19)27(32)34-17-25-23-9-3-1-7-21(23)22-8-2-4-10-24(22)25/h1-11,19-20,25,33H,12-15,17H2. The molecule has 2 aromatic carbocycles. The predicted octanol–water partition coefficient (Wildman–Crippen LogP) is 4.72. The Hall–Kier alpha value is -3.69. The lowest BCUT2D eigenvalue weighted by molar-refractivity contribution is -0.0559. The third-order valence-electron chi connectivity index (χ3n) is 7.65. The first-order chi connectivity index (χ1) is 16.6. The maximum atomic E-state index is 13.3. The number of fused-ring (bicyclic) bond motifs is 5. The normalized spacial score (nSPS) is 24.9. The van der Waals surface area contributed by atoms with Gasteiger partial charge in [-0.05, 0) is 47.2 Å². The van der Waals surface area contributed by atoms with Crippen molar-refractivity contribution < 1.29 is 14.6 Å². The second-order valence-electron chi connectivity index (χ2n) is 9.56. The summed E-state index contributed by atoms with van der Waals surface area (Å²) < 4.78 is 5.92. The minimum Gasteiger partial charge on any atom is -0.448 e. The van der Waals surface area contributed by atoms with E-state index in [1.54, 1.807) is 18.2 Å². The van der Waals surface area contributed by atoms with Crippen LogP contribution in [0.3, 0.4) is 0 Å². The number of benzene rings is 2. The van der Waals surface area contributed by atoms with Crippen LogP contribution in [0.4, 0.5) is 4.79 Å². The van der Waals surface area contributed by atoms with E-state index in [9.17, 15) is 15.2 Å². The van der Waals surface area contributed by atoms with E-state index in [1.807, 2.05) is 35.2 Å². The number of nitriles is 1. The molecule has 170 valence electrons. The molecule has 1 aromatic heterocycles. The van der Waals surface area contributed by atoms with Gasteiger partial charge < -0.3 is 14.7 Å². The third-order valence-corrected chi connectivity index (χ3v) is 7.65. The molecule has 3 aromatic rings. The number of aromatic nitrogens is 1. The van der Waals surface area contributed by atoms with Gasteiger partial charge in [0.15, 0.2) is 0 Å². The molecule has 0 saturated carbocycles. The number of aliphatic hydroxyl groups is 1. The summed E-state index contributed by atoms with van der Waals surface area (Å²) in [4.78, 5) is 19.4. The Bertz CT molecular complexity index is 1250. The van der Waals surface area contributed by atoms with Gasteiger partial charge in [-0.3, -0.25) is 0 Å². The lowest BCUT2D eigenvalue weighted by atomic mass is 9.83. The molecule has 2 fully saturated rings. The van der Waals surface area contributed by atoms with Gasteiger partial charge in [0, 0.05) is 30.8 Å². The number of hydrogen-bond acceptors (Lipinski definition) is 5. The van der Waals surface area contributed by atoms with E-state index in [0.29, 0.717) is 25.1 Å². The van der Waals surface area contributed by atoms with Gasteiger partial charge in [0.05, 0.1) is 5.69 Å². The zero-order chi connectivity index (χ0) is 23.3. The van der Waals surface area contributed by atoms with E-state index in [-0.39, 0.29) is 29.8 Å². The van der Waals surface area contributed by atoms with Crippen LogP contribution in [0.15, 0.2) is 66.7 Å². The molecule has 2 unspecified atom stereocenters. The maximum Gasteiger partial charge on any atom is 0.410 e. The highest BCUT2D eigenvalue weighted by Crippen LogP contribution is 2.47. The van der Waals surface area contributed by atoms with E-state index in [4.69, 9.17) is 4.74 Å². The highest BCUT2D eigenvalue weighted by Gasteiger charge is 2.51. The Morgan fingerprint density at radius 1 is 1.00 bits per heavy atom. The van der Waals surface area contributed by atoms with Crippen LogP contribution in [0.5, 0.6) is 0 Å². The van der Waals surface area contributed by atoms with Crippen molar-refractivity contribution in [3.8, 4) is 17.2 Å². The van der Waals surface area contributed by atoms with E-state index in [2.05, 4.69) is 29.2 Å². The maximum absolute atomic E-state index is 13.3. The highest BCUT2D eigenvalue weighted by atomic mass is 16.6. The topological polar surface area (TPSA) is 86.5 Å². The van der Waals surface area contributed by atoms with Gasteiger partial charge in [0.25, 0.3) is 0 Å². The van der Waals surface area contributed by atoms with Gasteiger partial charge in [0.2, 0.25) is 0 Å². The zero-order valence-electron chi connectivity index (χ0n) is 18.7. The average molecular weight is 452 g/mol. The minimum absolute atomic E-state index is 0.0219. The van der Waals surface area contributed by atoms with Crippen molar-refractivity contribution in [1.82, 2.24) is 9.88 Å². The monoisotopic (exact) mass is 451 g/mol.